The first-order valence-electron chi connectivity index (χ1n) is 10.9. The maximum Gasteiger partial charge on any atom is 0.0459 e. The van der Waals surface area contributed by atoms with Crippen LogP contribution < -0.4 is 0 Å². The molecule has 1 aliphatic carbocycles. The Morgan fingerprint density at radius 3 is 2.32 bits per heavy atom. The van der Waals surface area contributed by atoms with E-state index in [4.69, 9.17) is 0 Å². The highest BCUT2D eigenvalue weighted by atomic mass is 15.1. The molecule has 0 atom stereocenters. The van der Waals surface area contributed by atoms with E-state index in [1.807, 2.05) is 0 Å². The van der Waals surface area contributed by atoms with Gasteiger partial charge < -0.3 is 9.88 Å². The normalized spacial score (nSPS) is 22.8. The van der Waals surface area contributed by atoms with Crippen molar-refractivity contribution in [2.45, 2.75) is 63.3 Å². The molecule has 1 aliphatic rings. The molecular formula is C26H34N2. The van der Waals surface area contributed by atoms with Gasteiger partial charge in [0.15, 0.2) is 0 Å². The van der Waals surface area contributed by atoms with E-state index < -0.39 is 0 Å². The fourth-order valence-corrected chi connectivity index (χ4v) is 5.29. The van der Waals surface area contributed by atoms with Crippen molar-refractivity contribution >= 4 is 10.9 Å². The van der Waals surface area contributed by atoms with Crippen LogP contribution in [0.3, 0.4) is 0 Å². The van der Waals surface area contributed by atoms with Gasteiger partial charge in [-0.1, -0.05) is 61.9 Å². The van der Waals surface area contributed by atoms with E-state index in [0.717, 1.165) is 6.42 Å². The van der Waals surface area contributed by atoms with Crippen molar-refractivity contribution < 1.29 is 0 Å². The Hall–Kier alpha value is -2.06. The van der Waals surface area contributed by atoms with Crippen LogP contribution in [0.25, 0.3) is 10.9 Å². The average molecular weight is 375 g/mol. The molecule has 0 aliphatic heterocycles. The number of H-pyrrole nitrogens is 1. The molecule has 1 fully saturated rings. The minimum atomic E-state index is 0.286. The number of hydrogen-bond acceptors (Lipinski definition) is 1. The zero-order valence-electron chi connectivity index (χ0n) is 17.7. The van der Waals surface area contributed by atoms with Crippen LogP contribution in [0.5, 0.6) is 0 Å². The van der Waals surface area contributed by atoms with Crippen molar-refractivity contribution in [2.24, 2.45) is 0 Å². The summed E-state index contributed by atoms with van der Waals surface area (Å²) in [5.74, 6) is 0.665. The van der Waals surface area contributed by atoms with Crippen LogP contribution in [-0.4, -0.2) is 29.5 Å². The number of para-hydroxylation sites is 1. The first-order chi connectivity index (χ1) is 13.6. The Kier molecular flexibility index (Phi) is 5.59. The van der Waals surface area contributed by atoms with Crippen molar-refractivity contribution in [3.63, 3.8) is 0 Å². The predicted octanol–water partition coefficient (Wildman–Crippen LogP) is 6.32. The molecule has 28 heavy (non-hydrogen) atoms. The first kappa shape index (κ1) is 19.3. The standard InChI is InChI=1S/C26H34N2/c1-4-10-23-22-13-8-9-14-24(22)27-25(23)21-15-17-26(18-16-21,28(2)3)19-20-11-6-5-7-12-20/h5-9,11-14,21,27H,4,10,15-19H2,1-3H3. The molecule has 0 saturated heterocycles. The summed E-state index contributed by atoms with van der Waals surface area (Å²) in [5.41, 5.74) is 6.16. The third-order valence-corrected chi connectivity index (χ3v) is 7.00. The number of aromatic amines is 1. The summed E-state index contributed by atoms with van der Waals surface area (Å²) in [5, 5.41) is 1.44. The Morgan fingerprint density at radius 1 is 0.964 bits per heavy atom. The summed E-state index contributed by atoms with van der Waals surface area (Å²) in [6, 6.07) is 19.9. The van der Waals surface area contributed by atoms with Gasteiger partial charge in [-0.3, -0.25) is 0 Å². The molecule has 3 aromatic rings. The Bertz CT molecular complexity index is 899. The molecule has 4 rings (SSSR count). The van der Waals surface area contributed by atoms with Gasteiger partial charge in [0.2, 0.25) is 0 Å². The number of aromatic nitrogens is 1. The Labute approximate surface area is 170 Å². The van der Waals surface area contributed by atoms with E-state index in [-0.39, 0.29) is 5.54 Å². The number of nitrogens with one attached hydrogen (secondary N) is 1. The zero-order valence-corrected chi connectivity index (χ0v) is 17.7. The van der Waals surface area contributed by atoms with Crippen LogP contribution in [0.4, 0.5) is 0 Å². The van der Waals surface area contributed by atoms with Gasteiger partial charge in [0.25, 0.3) is 0 Å². The minimum absolute atomic E-state index is 0.286. The Balaban J connectivity index is 1.57. The van der Waals surface area contributed by atoms with Crippen LogP contribution in [-0.2, 0) is 12.8 Å². The molecule has 1 heterocycles. The fourth-order valence-electron chi connectivity index (χ4n) is 5.29. The summed E-state index contributed by atoms with van der Waals surface area (Å²) in [7, 11) is 4.55. The summed E-state index contributed by atoms with van der Waals surface area (Å²) in [6.45, 7) is 2.29. The van der Waals surface area contributed by atoms with Gasteiger partial charge in [0.1, 0.15) is 0 Å². The number of rotatable bonds is 6. The molecule has 1 aromatic heterocycles. The second-order valence-corrected chi connectivity index (χ2v) is 8.87. The highest BCUT2D eigenvalue weighted by Gasteiger charge is 2.38. The summed E-state index contributed by atoms with van der Waals surface area (Å²) in [6.07, 6.45) is 8.61. The largest absolute Gasteiger partial charge is 0.358 e. The highest BCUT2D eigenvalue weighted by Crippen LogP contribution is 2.43. The second-order valence-electron chi connectivity index (χ2n) is 8.87. The molecule has 1 N–H and O–H groups in total. The quantitative estimate of drug-likeness (QED) is 0.535. The number of likely N-dealkylation sites (N-methyl/N-ethyl adjacent to an activating group) is 1. The maximum atomic E-state index is 3.81. The van der Waals surface area contributed by atoms with Crippen LogP contribution >= 0.6 is 0 Å². The van der Waals surface area contributed by atoms with Gasteiger partial charge in [-0.05, 0) is 75.7 Å². The van der Waals surface area contributed by atoms with Gasteiger partial charge in [0, 0.05) is 22.1 Å². The molecule has 2 heteroatoms. The molecule has 0 amide bonds. The average Bonchev–Trinajstić information content (AvgIpc) is 3.08. The van der Waals surface area contributed by atoms with Gasteiger partial charge in [-0.25, -0.2) is 0 Å². The van der Waals surface area contributed by atoms with Crippen molar-refractivity contribution in [3.8, 4) is 0 Å². The van der Waals surface area contributed by atoms with Crippen LogP contribution in [0.15, 0.2) is 54.6 Å². The third kappa shape index (κ3) is 3.63. The van der Waals surface area contributed by atoms with Crippen LogP contribution in [0.1, 0.15) is 61.8 Å². The van der Waals surface area contributed by atoms with E-state index in [1.54, 1.807) is 5.56 Å². The van der Waals surface area contributed by atoms with Gasteiger partial charge in [-0.2, -0.15) is 0 Å². The lowest BCUT2D eigenvalue weighted by Gasteiger charge is -2.45. The minimum Gasteiger partial charge on any atom is -0.358 e. The number of nitrogens with zero attached hydrogens (tertiary/aromatic N) is 1. The number of benzene rings is 2. The summed E-state index contributed by atoms with van der Waals surface area (Å²) < 4.78 is 0. The maximum absolute atomic E-state index is 3.81. The molecule has 0 unspecified atom stereocenters. The monoisotopic (exact) mass is 374 g/mol. The fraction of sp³-hybridized carbons (Fsp3) is 0.462. The van der Waals surface area contributed by atoms with Crippen molar-refractivity contribution in [2.75, 3.05) is 14.1 Å². The second kappa shape index (κ2) is 8.13. The van der Waals surface area contributed by atoms with Gasteiger partial charge >= 0.3 is 0 Å². The molecule has 148 valence electrons. The molecule has 0 radical (unpaired) electrons. The highest BCUT2D eigenvalue weighted by molar-refractivity contribution is 5.84. The number of fused-ring (bicyclic) bond motifs is 1. The lowest BCUT2D eigenvalue weighted by Crippen LogP contribution is -2.48. The van der Waals surface area contributed by atoms with Crippen LogP contribution in [0.2, 0.25) is 0 Å². The van der Waals surface area contributed by atoms with Crippen LogP contribution in [0, 0.1) is 0 Å². The molecule has 0 spiro atoms. The van der Waals surface area contributed by atoms with E-state index in [0.29, 0.717) is 5.92 Å². The molecule has 1 saturated carbocycles. The zero-order chi connectivity index (χ0) is 19.6. The first-order valence-corrected chi connectivity index (χ1v) is 10.9. The van der Waals surface area contributed by atoms with Crippen molar-refractivity contribution in [1.82, 2.24) is 9.88 Å². The number of aryl methyl sites for hydroxylation is 1. The topological polar surface area (TPSA) is 19.0 Å². The number of hydrogen-bond donors (Lipinski definition) is 1. The lowest BCUT2D eigenvalue weighted by atomic mass is 9.71. The third-order valence-electron chi connectivity index (χ3n) is 7.00. The lowest BCUT2D eigenvalue weighted by molar-refractivity contribution is 0.0920. The Morgan fingerprint density at radius 2 is 1.64 bits per heavy atom. The van der Waals surface area contributed by atoms with E-state index in [1.165, 1.54) is 60.7 Å². The molecular weight excluding hydrogens is 340 g/mol. The van der Waals surface area contributed by atoms with E-state index in [2.05, 4.69) is 85.5 Å². The SMILES string of the molecule is CCCc1c(C2CCC(Cc3ccccc3)(N(C)C)CC2)[nH]c2ccccc12. The van der Waals surface area contributed by atoms with Gasteiger partial charge in [0.05, 0.1) is 0 Å². The van der Waals surface area contributed by atoms with Gasteiger partial charge in [-0.15, -0.1) is 0 Å². The van der Waals surface area contributed by atoms with E-state index >= 15 is 0 Å². The molecule has 0 bridgehead atoms. The molecule has 2 nitrogen and oxygen atoms in total. The summed E-state index contributed by atoms with van der Waals surface area (Å²) in [4.78, 5) is 6.31. The smallest absolute Gasteiger partial charge is 0.0459 e. The van der Waals surface area contributed by atoms with Crippen molar-refractivity contribution in [3.05, 3.63) is 71.4 Å². The van der Waals surface area contributed by atoms with Crippen molar-refractivity contribution in [1.29, 1.82) is 0 Å². The summed E-state index contributed by atoms with van der Waals surface area (Å²) >= 11 is 0. The molecule has 2 aromatic carbocycles. The predicted molar refractivity (Wildman–Crippen MR) is 120 cm³/mol. The van der Waals surface area contributed by atoms with E-state index in [9.17, 15) is 0 Å².